The summed E-state index contributed by atoms with van der Waals surface area (Å²) in [6, 6.07) is 18.8. The van der Waals surface area contributed by atoms with E-state index in [1.807, 2.05) is 73.7 Å². The molecule has 0 aliphatic rings. The fourth-order valence-corrected chi connectivity index (χ4v) is 2.51. The van der Waals surface area contributed by atoms with Crippen LogP contribution in [0.2, 0.25) is 0 Å². The summed E-state index contributed by atoms with van der Waals surface area (Å²) in [5, 5.41) is 1.22. The Kier molecular flexibility index (Phi) is 49.2. The van der Waals surface area contributed by atoms with Crippen molar-refractivity contribution in [3.63, 3.8) is 0 Å². The van der Waals surface area contributed by atoms with Gasteiger partial charge in [-0.1, -0.05) is 94.6 Å². The summed E-state index contributed by atoms with van der Waals surface area (Å²) in [4.78, 5) is 22.0. The molecular formula is C37H55N3OW2. The van der Waals surface area contributed by atoms with Crippen LogP contribution < -0.4 is 0 Å². The van der Waals surface area contributed by atoms with Crippen molar-refractivity contribution in [2.24, 2.45) is 9.98 Å². The van der Waals surface area contributed by atoms with Crippen molar-refractivity contribution in [3.05, 3.63) is 101 Å². The van der Waals surface area contributed by atoms with Gasteiger partial charge in [-0.05, 0) is 51.7 Å². The van der Waals surface area contributed by atoms with Crippen LogP contribution in [0.3, 0.4) is 0 Å². The van der Waals surface area contributed by atoms with Gasteiger partial charge in [0.15, 0.2) is 0 Å². The van der Waals surface area contributed by atoms with Crippen LogP contribution in [0.4, 0.5) is 0 Å². The van der Waals surface area contributed by atoms with Gasteiger partial charge in [-0.2, -0.15) is 12.4 Å². The monoisotopic (exact) mass is 925 g/mol. The Balaban J connectivity index is -0.0000000998. The van der Waals surface area contributed by atoms with E-state index in [4.69, 9.17) is 0 Å². The number of allylic oxidation sites excluding steroid dienone is 4. The third kappa shape index (κ3) is 35.8. The molecular weight excluding hydrogens is 870 g/mol. The summed E-state index contributed by atoms with van der Waals surface area (Å²) in [5.41, 5.74) is 6.47. The first-order valence-corrected chi connectivity index (χ1v) is 14.3. The molecule has 1 heterocycles. The predicted molar refractivity (Wildman–Crippen MR) is 184 cm³/mol. The van der Waals surface area contributed by atoms with Crippen LogP contribution in [0.1, 0.15) is 99.8 Å². The number of nitrogens with zero attached hydrogens (tertiary/aromatic N) is 3. The zero-order chi connectivity index (χ0) is 32.6. The fraction of sp³-hybridized carbons (Fsp3) is 0.405. The number of carbonyl (C=O) groups is 1. The Bertz CT molecular complexity index is 1130. The van der Waals surface area contributed by atoms with E-state index in [1.54, 1.807) is 20.8 Å². The van der Waals surface area contributed by atoms with E-state index in [2.05, 4.69) is 103 Å². The first-order chi connectivity index (χ1) is 19.6. The van der Waals surface area contributed by atoms with Gasteiger partial charge in [0.05, 0.1) is 5.52 Å². The van der Waals surface area contributed by atoms with Gasteiger partial charge in [-0.15, -0.1) is 27.7 Å². The molecule has 0 bridgehead atoms. The maximum atomic E-state index is 10.3. The van der Waals surface area contributed by atoms with Crippen LogP contribution >= 0.6 is 0 Å². The van der Waals surface area contributed by atoms with Crippen molar-refractivity contribution in [1.82, 2.24) is 4.98 Å². The molecule has 1 aromatic heterocycles. The number of hydrogen-bond acceptors (Lipinski definition) is 4. The molecule has 3 aromatic rings. The summed E-state index contributed by atoms with van der Waals surface area (Å²) in [6.07, 6.45) is 12.4. The number of hydrogen-bond donors (Lipinski definition) is 0. The molecule has 0 spiro atoms. The molecule has 3 rings (SSSR count). The molecule has 0 saturated carbocycles. The third-order valence-corrected chi connectivity index (χ3v) is 4.25. The molecule has 0 fully saturated rings. The molecule has 2 aromatic carbocycles. The van der Waals surface area contributed by atoms with E-state index >= 15 is 0 Å². The van der Waals surface area contributed by atoms with Gasteiger partial charge < -0.3 is 32.6 Å². The van der Waals surface area contributed by atoms with E-state index in [0.29, 0.717) is 5.70 Å². The molecule has 0 aliphatic carbocycles. The molecule has 0 amide bonds. The minimum atomic E-state index is -0.105. The number of benzene rings is 2. The van der Waals surface area contributed by atoms with Crippen LogP contribution in [-0.2, 0) is 46.9 Å². The number of aromatic nitrogens is 1. The summed E-state index contributed by atoms with van der Waals surface area (Å²) >= 11 is 0. The SMILES string of the molecule is CC.CC.CC.C[C-]=NC(C)=[C-]C.C[C-]=NC(C)=[C-]C(C)=O.Cc1ccc(C)cc1.Cc1ccc2ncccc2c1.[W+2].[W+2]. The van der Waals surface area contributed by atoms with Gasteiger partial charge in [0, 0.05) is 11.6 Å². The maximum Gasteiger partial charge on any atom is 2.00 e. The second-order valence-electron chi connectivity index (χ2n) is 7.63. The number of ketones is 1. The number of aliphatic imine (C=N–C) groups is 2. The first kappa shape index (κ1) is 53.3. The molecule has 0 saturated heterocycles. The Hall–Kier alpha value is -2.28. The van der Waals surface area contributed by atoms with E-state index in [-0.39, 0.29) is 47.9 Å². The number of fused-ring (bicyclic) bond motifs is 1. The molecule has 43 heavy (non-hydrogen) atoms. The minimum absolute atomic E-state index is 0. The van der Waals surface area contributed by atoms with Crippen molar-refractivity contribution >= 4 is 29.1 Å². The van der Waals surface area contributed by atoms with E-state index < -0.39 is 0 Å². The average Bonchev–Trinajstić information content (AvgIpc) is 2.98. The molecule has 0 aliphatic heterocycles. The van der Waals surface area contributed by atoms with Crippen molar-refractivity contribution < 1.29 is 46.9 Å². The Morgan fingerprint density at radius 1 is 0.651 bits per heavy atom. The second kappa shape index (κ2) is 39.7. The number of pyridine rings is 1. The van der Waals surface area contributed by atoms with Gasteiger partial charge in [0.1, 0.15) is 0 Å². The minimum Gasteiger partial charge on any atom is -0.584 e. The van der Waals surface area contributed by atoms with Crippen LogP contribution in [0.5, 0.6) is 0 Å². The van der Waals surface area contributed by atoms with Gasteiger partial charge in [0.25, 0.3) is 0 Å². The average molecular weight is 926 g/mol. The molecule has 236 valence electrons. The quantitative estimate of drug-likeness (QED) is 0.149. The number of carbonyl (C=O) groups excluding carboxylic acids is 1. The van der Waals surface area contributed by atoms with Crippen LogP contribution in [0, 0.1) is 32.9 Å². The van der Waals surface area contributed by atoms with Crippen molar-refractivity contribution in [2.45, 2.75) is 104 Å². The van der Waals surface area contributed by atoms with E-state index in [1.165, 1.54) is 29.0 Å². The van der Waals surface area contributed by atoms with Crippen molar-refractivity contribution in [2.75, 3.05) is 0 Å². The van der Waals surface area contributed by atoms with Crippen molar-refractivity contribution in [1.29, 1.82) is 0 Å². The van der Waals surface area contributed by atoms with Gasteiger partial charge in [0.2, 0.25) is 0 Å². The predicted octanol–water partition coefficient (Wildman–Crippen LogP) is 10.9. The van der Waals surface area contributed by atoms with E-state index in [0.717, 1.165) is 11.2 Å². The normalized spacial score (nSPS) is 9.56. The molecule has 0 unspecified atom stereocenters. The third-order valence-electron chi connectivity index (χ3n) is 4.25. The number of rotatable bonds is 3. The zero-order valence-corrected chi connectivity index (χ0v) is 35.2. The molecule has 0 atom stereocenters. The molecule has 6 heteroatoms. The second-order valence-corrected chi connectivity index (χ2v) is 7.63. The summed E-state index contributed by atoms with van der Waals surface area (Å²) in [6.45, 7) is 28.6. The number of aryl methyl sites for hydroxylation is 3. The topological polar surface area (TPSA) is 54.7 Å². The van der Waals surface area contributed by atoms with E-state index in [9.17, 15) is 4.79 Å². The zero-order valence-electron chi connectivity index (χ0n) is 29.3. The smallest absolute Gasteiger partial charge is 0.584 e. The summed E-state index contributed by atoms with van der Waals surface area (Å²) < 4.78 is 0. The maximum absolute atomic E-state index is 10.3. The molecule has 4 nitrogen and oxygen atoms in total. The Morgan fingerprint density at radius 3 is 1.44 bits per heavy atom. The standard InChI is InChI=1S/C10H9N.C8H10.C7H9NO.C6H9N.3C2H6.2W/c1-8-4-5-10-9(7-8)3-2-6-11-10;1-7-3-5-8(2)6-4-7;1-4-8-6(2)5-7(3)9;1-4-6(3)7-5-2;3*1-2;;/h2-7H,1H3;3-6H,1-2H3;1-3H3;1-3H3;3*1-2H3;;/q;;2*-2;;;;2*+2. The van der Waals surface area contributed by atoms with Gasteiger partial charge in [-0.3, -0.25) is 10.7 Å². The Labute approximate surface area is 294 Å². The van der Waals surface area contributed by atoms with Crippen LogP contribution in [-0.4, -0.2) is 23.2 Å². The van der Waals surface area contributed by atoms with Crippen LogP contribution in [0.15, 0.2) is 82.2 Å². The molecule has 0 N–H and O–H groups in total. The van der Waals surface area contributed by atoms with Crippen molar-refractivity contribution in [3.8, 4) is 0 Å². The fourth-order valence-electron chi connectivity index (χ4n) is 2.51. The van der Waals surface area contributed by atoms with Gasteiger partial charge >= 0.3 is 42.1 Å². The van der Waals surface area contributed by atoms with Crippen LogP contribution in [0.25, 0.3) is 10.9 Å². The van der Waals surface area contributed by atoms with Gasteiger partial charge in [-0.25, -0.2) is 6.92 Å². The molecule has 0 radical (unpaired) electrons. The number of Topliss-reactive ketones (excluding diaryl/α,β-unsaturated/α-hetero) is 1. The first-order valence-electron chi connectivity index (χ1n) is 14.3. The Morgan fingerprint density at radius 2 is 1.07 bits per heavy atom. The summed E-state index contributed by atoms with van der Waals surface area (Å²) in [7, 11) is 0. The summed E-state index contributed by atoms with van der Waals surface area (Å²) in [5.74, 6) is -0.105. The largest absolute Gasteiger partial charge is 2.00 e.